The van der Waals surface area contributed by atoms with E-state index in [2.05, 4.69) is 33.1 Å². The van der Waals surface area contributed by atoms with E-state index in [0.29, 0.717) is 5.41 Å². The van der Waals surface area contributed by atoms with Crippen molar-refractivity contribution in [3.05, 3.63) is 0 Å². The monoisotopic (exact) mass is 169 g/mol. The summed E-state index contributed by atoms with van der Waals surface area (Å²) in [6.45, 7) is 8.44. The molecule has 0 heterocycles. The Morgan fingerprint density at radius 3 is 2.58 bits per heavy atom. The lowest BCUT2D eigenvalue weighted by Crippen LogP contribution is -2.39. The highest BCUT2D eigenvalue weighted by atomic mass is 14.8. The largest absolute Gasteiger partial charge is 0.319 e. The van der Waals surface area contributed by atoms with Crippen molar-refractivity contribution in [3.8, 4) is 0 Å². The first-order chi connectivity index (χ1) is 5.58. The van der Waals surface area contributed by atoms with Crippen LogP contribution >= 0.6 is 0 Å². The SMILES string of the molecule is CNCC1C(C)CCCC1(C)C. The van der Waals surface area contributed by atoms with E-state index in [1.807, 2.05) is 0 Å². The maximum atomic E-state index is 3.32. The summed E-state index contributed by atoms with van der Waals surface area (Å²) in [4.78, 5) is 0. The van der Waals surface area contributed by atoms with Gasteiger partial charge in [-0.25, -0.2) is 0 Å². The molecule has 0 radical (unpaired) electrons. The van der Waals surface area contributed by atoms with Crippen LogP contribution in [-0.4, -0.2) is 13.6 Å². The molecule has 2 atom stereocenters. The Bertz CT molecular complexity index is 140. The van der Waals surface area contributed by atoms with Crippen molar-refractivity contribution in [2.75, 3.05) is 13.6 Å². The number of nitrogens with one attached hydrogen (secondary N) is 1. The molecular weight excluding hydrogens is 146 g/mol. The second-order valence-electron chi connectivity index (χ2n) is 5.02. The van der Waals surface area contributed by atoms with Crippen LogP contribution in [0.4, 0.5) is 0 Å². The van der Waals surface area contributed by atoms with Gasteiger partial charge in [-0.15, -0.1) is 0 Å². The van der Waals surface area contributed by atoms with E-state index in [1.165, 1.54) is 25.8 Å². The van der Waals surface area contributed by atoms with Crippen molar-refractivity contribution < 1.29 is 0 Å². The van der Waals surface area contributed by atoms with Gasteiger partial charge in [0.1, 0.15) is 0 Å². The third kappa shape index (κ3) is 2.01. The Labute approximate surface area is 76.9 Å². The molecule has 1 fully saturated rings. The number of hydrogen-bond donors (Lipinski definition) is 1. The first-order valence-corrected chi connectivity index (χ1v) is 5.22. The summed E-state index contributed by atoms with van der Waals surface area (Å²) in [7, 11) is 2.07. The fourth-order valence-electron chi connectivity index (χ4n) is 2.73. The van der Waals surface area contributed by atoms with Crippen LogP contribution in [0.25, 0.3) is 0 Å². The summed E-state index contributed by atoms with van der Waals surface area (Å²) in [5.74, 6) is 1.78. The standard InChI is InChI=1S/C11H23N/c1-9-6-5-7-11(2,3)10(9)8-12-4/h9-10,12H,5-8H2,1-4H3. The van der Waals surface area contributed by atoms with E-state index >= 15 is 0 Å². The van der Waals surface area contributed by atoms with Crippen molar-refractivity contribution in [3.63, 3.8) is 0 Å². The molecule has 0 aromatic carbocycles. The van der Waals surface area contributed by atoms with E-state index in [4.69, 9.17) is 0 Å². The zero-order chi connectivity index (χ0) is 9.19. The molecule has 72 valence electrons. The van der Waals surface area contributed by atoms with Gasteiger partial charge in [0, 0.05) is 0 Å². The molecule has 0 spiro atoms. The second kappa shape index (κ2) is 3.78. The van der Waals surface area contributed by atoms with Crippen molar-refractivity contribution in [2.45, 2.75) is 40.0 Å². The molecule has 0 aromatic rings. The van der Waals surface area contributed by atoms with Gasteiger partial charge < -0.3 is 5.32 Å². The molecule has 0 aromatic heterocycles. The topological polar surface area (TPSA) is 12.0 Å². The normalized spacial score (nSPS) is 35.0. The van der Waals surface area contributed by atoms with E-state index < -0.39 is 0 Å². The molecule has 1 heteroatoms. The molecule has 12 heavy (non-hydrogen) atoms. The van der Waals surface area contributed by atoms with Crippen LogP contribution in [0.3, 0.4) is 0 Å². The summed E-state index contributed by atoms with van der Waals surface area (Å²) < 4.78 is 0. The minimum Gasteiger partial charge on any atom is -0.319 e. The predicted molar refractivity (Wildman–Crippen MR) is 54.2 cm³/mol. The Morgan fingerprint density at radius 1 is 1.42 bits per heavy atom. The lowest BCUT2D eigenvalue weighted by Gasteiger charge is -2.43. The van der Waals surface area contributed by atoms with Gasteiger partial charge in [-0.05, 0) is 37.3 Å². The first-order valence-electron chi connectivity index (χ1n) is 5.22. The molecule has 1 rings (SSSR count). The van der Waals surface area contributed by atoms with Gasteiger partial charge in [-0.2, -0.15) is 0 Å². The Hall–Kier alpha value is -0.0400. The molecule has 2 unspecified atom stereocenters. The minimum absolute atomic E-state index is 0.556. The molecule has 1 aliphatic carbocycles. The van der Waals surface area contributed by atoms with Gasteiger partial charge in [0.15, 0.2) is 0 Å². The first kappa shape index (κ1) is 10.0. The van der Waals surface area contributed by atoms with Crippen molar-refractivity contribution in [1.29, 1.82) is 0 Å². The minimum atomic E-state index is 0.556. The Balaban J connectivity index is 2.60. The van der Waals surface area contributed by atoms with Crippen molar-refractivity contribution in [2.24, 2.45) is 17.3 Å². The smallest absolute Gasteiger partial charge is 0.00159 e. The van der Waals surface area contributed by atoms with Crippen LogP contribution in [0.1, 0.15) is 40.0 Å². The summed E-state index contributed by atoms with van der Waals surface area (Å²) in [5.41, 5.74) is 0.556. The van der Waals surface area contributed by atoms with Crippen LogP contribution in [0, 0.1) is 17.3 Å². The summed E-state index contributed by atoms with van der Waals surface area (Å²) in [6, 6.07) is 0. The molecule has 0 aliphatic heterocycles. The maximum absolute atomic E-state index is 3.32. The number of rotatable bonds is 2. The fourth-order valence-corrected chi connectivity index (χ4v) is 2.73. The quantitative estimate of drug-likeness (QED) is 0.670. The summed E-state index contributed by atoms with van der Waals surface area (Å²) in [6.07, 6.45) is 4.26. The molecule has 1 aliphatic rings. The molecule has 1 nitrogen and oxygen atoms in total. The van der Waals surface area contributed by atoms with Gasteiger partial charge >= 0.3 is 0 Å². The zero-order valence-corrected chi connectivity index (χ0v) is 8.98. The average Bonchev–Trinajstić information content (AvgIpc) is 1.97. The number of hydrogen-bond acceptors (Lipinski definition) is 1. The molecule has 0 bridgehead atoms. The molecule has 1 saturated carbocycles. The van der Waals surface area contributed by atoms with Crippen LogP contribution in [0.2, 0.25) is 0 Å². The van der Waals surface area contributed by atoms with Crippen LogP contribution in [0.5, 0.6) is 0 Å². The van der Waals surface area contributed by atoms with Crippen LogP contribution < -0.4 is 5.32 Å². The van der Waals surface area contributed by atoms with Gasteiger partial charge in [0.25, 0.3) is 0 Å². The highest BCUT2D eigenvalue weighted by molar-refractivity contribution is 4.87. The van der Waals surface area contributed by atoms with Crippen molar-refractivity contribution in [1.82, 2.24) is 5.32 Å². The molecule has 1 N–H and O–H groups in total. The third-order valence-electron chi connectivity index (χ3n) is 3.60. The van der Waals surface area contributed by atoms with E-state index in [9.17, 15) is 0 Å². The van der Waals surface area contributed by atoms with Gasteiger partial charge in [0.2, 0.25) is 0 Å². The fraction of sp³-hybridized carbons (Fsp3) is 1.00. The van der Waals surface area contributed by atoms with Crippen molar-refractivity contribution >= 4 is 0 Å². The van der Waals surface area contributed by atoms with Gasteiger partial charge in [-0.1, -0.05) is 33.6 Å². The summed E-state index contributed by atoms with van der Waals surface area (Å²) in [5, 5.41) is 3.32. The third-order valence-corrected chi connectivity index (χ3v) is 3.60. The zero-order valence-electron chi connectivity index (χ0n) is 8.98. The highest BCUT2D eigenvalue weighted by Crippen LogP contribution is 2.43. The summed E-state index contributed by atoms with van der Waals surface area (Å²) >= 11 is 0. The molecular formula is C11H23N. The average molecular weight is 169 g/mol. The van der Waals surface area contributed by atoms with Crippen LogP contribution in [0.15, 0.2) is 0 Å². The highest BCUT2D eigenvalue weighted by Gasteiger charge is 2.35. The van der Waals surface area contributed by atoms with Crippen LogP contribution in [-0.2, 0) is 0 Å². The second-order valence-corrected chi connectivity index (χ2v) is 5.02. The lowest BCUT2D eigenvalue weighted by molar-refractivity contribution is 0.0850. The predicted octanol–water partition coefficient (Wildman–Crippen LogP) is 2.67. The van der Waals surface area contributed by atoms with E-state index in [1.54, 1.807) is 0 Å². The van der Waals surface area contributed by atoms with Gasteiger partial charge in [0.05, 0.1) is 0 Å². The Kier molecular flexibility index (Phi) is 3.16. The molecule has 0 saturated heterocycles. The van der Waals surface area contributed by atoms with E-state index in [0.717, 1.165) is 11.8 Å². The van der Waals surface area contributed by atoms with Gasteiger partial charge in [-0.3, -0.25) is 0 Å². The molecule has 0 amide bonds. The Morgan fingerprint density at radius 2 is 2.08 bits per heavy atom. The lowest BCUT2D eigenvalue weighted by atomic mass is 9.64. The van der Waals surface area contributed by atoms with E-state index in [-0.39, 0.29) is 0 Å². The maximum Gasteiger partial charge on any atom is -0.00159 e.